The van der Waals surface area contributed by atoms with Crippen molar-refractivity contribution in [1.29, 1.82) is 0 Å². The van der Waals surface area contributed by atoms with E-state index in [1.165, 1.54) is 0 Å². The Hall–Kier alpha value is -1.50. The molecule has 0 aliphatic rings. The maximum atomic E-state index is 11.3. The van der Waals surface area contributed by atoms with Crippen LogP contribution in [0.3, 0.4) is 0 Å². The lowest BCUT2D eigenvalue weighted by Crippen LogP contribution is -2.36. The smallest absolute Gasteiger partial charge is 0.407 e. The van der Waals surface area contributed by atoms with Gasteiger partial charge in [-0.05, 0) is 33.7 Å². The second-order valence-corrected chi connectivity index (χ2v) is 4.82. The summed E-state index contributed by atoms with van der Waals surface area (Å²) in [5.74, 6) is 0. The normalized spacial score (nSPS) is 10.8. The number of hydrogen-bond donors (Lipinski definition) is 4. The second-order valence-electron chi connectivity index (χ2n) is 4.82. The number of carbonyl (C=O) groups is 2. The third kappa shape index (κ3) is 12.6. The molecular weight excluding hydrogens is 236 g/mol. The van der Waals surface area contributed by atoms with Crippen LogP contribution >= 0.6 is 0 Å². The summed E-state index contributed by atoms with van der Waals surface area (Å²) in [5, 5.41) is 8.22. The number of primary amides is 1. The summed E-state index contributed by atoms with van der Waals surface area (Å²) in [7, 11) is 0. The maximum absolute atomic E-state index is 11.3. The number of urea groups is 1. The molecule has 18 heavy (non-hydrogen) atoms. The average molecular weight is 260 g/mol. The summed E-state index contributed by atoms with van der Waals surface area (Å²) in [6.45, 7) is 7.89. The molecule has 3 amide bonds. The Labute approximate surface area is 108 Å². The number of amides is 3. The van der Waals surface area contributed by atoms with Crippen molar-refractivity contribution in [3.8, 4) is 0 Å². The number of nitrogens with two attached hydrogens (primary N) is 1. The largest absolute Gasteiger partial charge is 0.444 e. The lowest BCUT2D eigenvalue weighted by Gasteiger charge is -2.19. The van der Waals surface area contributed by atoms with E-state index >= 15 is 0 Å². The lowest BCUT2D eigenvalue weighted by molar-refractivity contribution is 0.0527. The minimum absolute atomic E-state index is 0.405. The highest BCUT2D eigenvalue weighted by Crippen LogP contribution is 2.06. The Morgan fingerprint density at radius 2 is 1.72 bits per heavy atom. The monoisotopic (exact) mass is 260 g/mol. The molecule has 0 saturated carbocycles. The van der Waals surface area contributed by atoms with E-state index in [9.17, 15) is 9.59 Å². The molecule has 106 valence electrons. The van der Waals surface area contributed by atoms with Gasteiger partial charge in [0.05, 0.1) is 0 Å². The van der Waals surface area contributed by atoms with Crippen LogP contribution in [0.2, 0.25) is 0 Å². The van der Waals surface area contributed by atoms with Crippen LogP contribution in [0.15, 0.2) is 0 Å². The predicted molar refractivity (Wildman–Crippen MR) is 69.3 cm³/mol. The van der Waals surface area contributed by atoms with Crippen LogP contribution in [0.1, 0.15) is 27.2 Å². The van der Waals surface area contributed by atoms with Crippen molar-refractivity contribution in [2.45, 2.75) is 32.8 Å². The molecule has 0 saturated heterocycles. The zero-order valence-electron chi connectivity index (χ0n) is 11.3. The fourth-order valence-corrected chi connectivity index (χ4v) is 1.12. The zero-order chi connectivity index (χ0) is 14.0. The van der Waals surface area contributed by atoms with Gasteiger partial charge in [-0.25, -0.2) is 9.59 Å². The van der Waals surface area contributed by atoms with Gasteiger partial charge < -0.3 is 26.4 Å². The number of rotatable bonds is 7. The third-order valence-electron chi connectivity index (χ3n) is 1.80. The highest BCUT2D eigenvalue weighted by Gasteiger charge is 2.15. The van der Waals surface area contributed by atoms with Gasteiger partial charge in [0.15, 0.2) is 0 Å². The van der Waals surface area contributed by atoms with Gasteiger partial charge >= 0.3 is 12.1 Å². The molecule has 0 heterocycles. The van der Waals surface area contributed by atoms with Gasteiger partial charge in [-0.1, -0.05) is 0 Å². The van der Waals surface area contributed by atoms with Gasteiger partial charge in [0.25, 0.3) is 0 Å². The Morgan fingerprint density at radius 1 is 1.06 bits per heavy atom. The number of carbonyl (C=O) groups excluding carboxylic acids is 2. The predicted octanol–water partition coefficient (Wildman–Crippen LogP) is 0.159. The molecular formula is C11H24N4O3. The van der Waals surface area contributed by atoms with Crippen LogP contribution in [-0.4, -0.2) is 43.9 Å². The minimum Gasteiger partial charge on any atom is -0.444 e. The molecule has 0 atom stereocenters. The van der Waals surface area contributed by atoms with Crippen LogP contribution in [0.4, 0.5) is 9.59 Å². The van der Waals surface area contributed by atoms with Crippen molar-refractivity contribution in [3.63, 3.8) is 0 Å². The van der Waals surface area contributed by atoms with Gasteiger partial charge in [0.1, 0.15) is 5.60 Å². The lowest BCUT2D eigenvalue weighted by atomic mass is 10.2. The van der Waals surface area contributed by atoms with Crippen molar-refractivity contribution in [1.82, 2.24) is 16.0 Å². The Morgan fingerprint density at radius 3 is 2.28 bits per heavy atom. The molecule has 0 rings (SSSR count). The first-order chi connectivity index (χ1) is 8.31. The first-order valence-corrected chi connectivity index (χ1v) is 6.02. The third-order valence-corrected chi connectivity index (χ3v) is 1.80. The molecule has 0 aromatic heterocycles. The molecule has 0 fully saturated rings. The Kier molecular flexibility index (Phi) is 7.86. The maximum Gasteiger partial charge on any atom is 0.407 e. The SMILES string of the molecule is CC(C)(C)OC(=O)NCCCNCCNC(N)=O. The van der Waals surface area contributed by atoms with Gasteiger partial charge in [0, 0.05) is 19.6 Å². The molecule has 0 spiro atoms. The van der Waals surface area contributed by atoms with Crippen LogP contribution in [0, 0.1) is 0 Å². The zero-order valence-corrected chi connectivity index (χ0v) is 11.3. The number of alkyl carbamates (subject to hydrolysis) is 1. The summed E-state index contributed by atoms with van der Waals surface area (Å²) in [5.41, 5.74) is 4.43. The molecule has 5 N–H and O–H groups in total. The van der Waals surface area contributed by atoms with E-state index in [-0.39, 0.29) is 0 Å². The first kappa shape index (κ1) is 16.5. The summed E-state index contributed by atoms with van der Waals surface area (Å²) < 4.78 is 5.08. The van der Waals surface area contributed by atoms with Crippen molar-refractivity contribution < 1.29 is 14.3 Å². The van der Waals surface area contributed by atoms with Gasteiger partial charge in [0.2, 0.25) is 0 Å². The van der Waals surface area contributed by atoms with E-state index in [0.29, 0.717) is 19.6 Å². The Balaban J connectivity index is 3.30. The van der Waals surface area contributed by atoms with Gasteiger partial charge in [-0.2, -0.15) is 0 Å². The molecule has 7 nitrogen and oxygen atoms in total. The van der Waals surface area contributed by atoms with Crippen molar-refractivity contribution >= 4 is 12.1 Å². The summed E-state index contributed by atoms with van der Waals surface area (Å²) in [6, 6.07) is -0.525. The van der Waals surface area contributed by atoms with Crippen molar-refractivity contribution in [2.75, 3.05) is 26.2 Å². The summed E-state index contributed by atoms with van der Waals surface area (Å²) >= 11 is 0. The van der Waals surface area contributed by atoms with Crippen LogP contribution in [0.25, 0.3) is 0 Å². The molecule has 0 aromatic rings. The van der Waals surface area contributed by atoms with E-state index in [4.69, 9.17) is 10.5 Å². The van der Waals surface area contributed by atoms with Crippen molar-refractivity contribution in [2.24, 2.45) is 5.73 Å². The topological polar surface area (TPSA) is 105 Å². The molecule has 0 radical (unpaired) electrons. The molecule has 0 unspecified atom stereocenters. The summed E-state index contributed by atoms with van der Waals surface area (Å²) in [4.78, 5) is 21.6. The fraction of sp³-hybridized carbons (Fsp3) is 0.818. The molecule has 0 bridgehead atoms. The van der Waals surface area contributed by atoms with E-state index in [1.807, 2.05) is 20.8 Å². The van der Waals surface area contributed by atoms with Crippen molar-refractivity contribution in [3.05, 3.63) is 0 Å². The van der Waals surface area contributed by atoms with E-state index in [0.717, 1.165) is 13.0 Å². The van der Waals surface area contributed by atoms with E-state index in [1.54, 1.807) is 0 Å². The molecule has 0 aliphatic carbocycles. The number of ether oxygens (including phenoxy) is 1. The Bertz CT molecular complexity index is 264. The van der Waals surface area contributed by atoms with Crippen LogP contribution < -0.4 is 21.7 Å². The van der Waals surface area contributed by atoms with Gasteiger partial charge in [-0.3, -0.25) is 0 Å². The van der Waals surface area contributed by atoms with Crippen LogP contribution in [-0.2, 0) is 4.74 Å². The number of nitrogens with one attached hydrogen (secondary N) is 3. The highest BCUT2D eigenvalue weighted by molar-refractivity contribution is 5.71. The van der Waals surface area contributed by atoms with Crippen LogP contribution in [0.5, 0.6) is 0 Å². The molecule has 0 aromatic carbocycles. The van der Waals surface area contributed by atoms with E-state index < -0.39 is 17.7 Å². The average Bonchev–Trinajstić information content (AvgIpc) is 2.18. The first-order valence-electron chi connectivity index (χ1n) is 6.02. The summed E-state index contributed by atoms with van der Waals surface area (Å²) in [6.07, 6.45) is 0.383. The van der Waals surface area contributed by atoms with Gasteiger partial charge in [-0.15, -0.1) is 0 Å². The number of hydrogen-bond acceptors (Lipinski definition) is 4. The fourth-order valence-electron chi connectivity index (χ4n) is 1.12. The minimum atomic E-state index is -0.525. The molecule has 7 heteroatoms. The highest BCUT2D eigenvalue weighted by atomic mass is 16.6. The quantitative estimate of drug-likeness (QED) is 0.489. The second kappa shape index (κ2) is 8.57. The molecule has 0 aliphatic heterocycles. The van der Waals surface area contributed by atoms with E-state index in [2.05, 4.69) is 16.0 Å². The standard InChI is InChI=1S/C11H24N4O3/c1-11(2,3)18-10(17)15-6-4-5-13-7-8-14-9(12)16/h13H,4-8H2,1-3H3,(H,15,17)(H3,12,14,16).